The molecular weight excluding hydrogens is 370 g/mol. The zero-order valence-electron chi connectivity index (χ0n) is 15.5. The number of rotatable bonds is 9. The van der Waals surface area contributed by atoms with Crippen LogP contribution in [0.25, 0.3) is 0 Å². The van der Waals surface area contributed by atoms with Gasteiger partial charge >= 0.3 is 5.97 Å². The number of carbonyl (C=O) groups excluding carboxylic acids is 1. The van der Waals surface area contributed by atoms with Crippen molar-refractivity contribution in [2.75, 3.05) is 21.3 Å². The molecule has 0 radical (unpaired) electrons. The van der Waals surface area contributed by atoms with Crippen molar-refractivity contribution in [1.82, 2.24) is 4.72 Å². The molecule has 1 unspecified atom stereocenters. The van der Waals surface area contributed by atoms with Gasteiger partial charge in [0, 0.05) is 0 Å². The van der Waals surface area contributed by atoms with E-state index < -0.39 is 22.0 Å². The smallest absolute Gasteiger partial charge is 0.307 e. The molecule has 2 aromatic carbocycles. The first-order chi connectivity index (χ1) is 12.9. The Labute approximate surface area is 159 Å². The monoisotopic (exact) mass is 393 g/mol. The third-order valence-corrected chi connectivity index (χ3v) is 5.29. The highest BCUT2D eigenvalue weighted by Gasteiger charge is 2.24. The standard InChI is InChI=1S/C19H23NO6S/c1-24-17-10-9-15(11-18(17)25-2)16(12-19(21)26-3)20-27(22,23)13-14-7-5-4-6-8-14/h4-11,16,20H,12-13H2,1-3H3. The number of nitrogens with one attached hydrogen (secondary N) is 1. The minimum atomic E-state index is -3.70. The Balaban J connectivity index is 2.30. The van der Waals surface area contributed by atoms with Crippen LogP contribution in [0, 0.1) is 0 Å². The minimum Gasteiger partial charge on any atom is -0.493 e. The van der Waals surface area contributed by atoms with Gasteiger partial charge in [-0.1, -0.05) is 36.4 Å². The lowest BCUT2D eigenvalue weighted by atomic mass is 10.0. The van der Waals surface area contributed by atoms with E-state index >= 15 is 0 Å². The van der Waals surface area contributed by atoms with Gasteiger partial charge in [0.15, 0.2) is 11.5 Å². The van der Waals surface area contributed by atoms with E-state index in [-0.39, 0.29) is 12.2 Å². The maximum Gasteiger partial charge on any atom is 0.307 e. The summed E-state index contributed by atoms with van der Waals surface area (Å²) in [6.45, 7) is 0. The maximum absolute atomic E-state index is 12.6. The summed E-state index contributed by atoms with van der Waals surface area (Å²) in [6, 6.07) is 13.0. The van der Waals surface area contributed by atoms with E-state index in [0.717, 1.165) is 0 Å². The van der Waals surface area contributed by atoms with Crippen molar-refractivity contribution in [3.63, 3.8) is 0 Å². The van der Waals surface area contributed by atoms with Gasteiger partial charge in [-0.2, -0.15) is 0 Å². The normalized spacial score (nSPS) is 12.3. The molecule has 0 heterocycles. The first kappa shape index (κ1) is 20.7. The highest BCUT2D eigenvalue weighted by Crippen LogP contribution is 2.31. The second kappa shape index (κ2) is 9.38. The summed E-state index contributed by atoms with van der Waals surface area (Å²) in [7, 11) is 0.544. The topological polar surface area (TPSA) is 90.9 Å². The average Bonchev–Trinajstić information content (AvgIpc) is 2.66. The van der Waals surface area contributed by atoms with Crippen LogP contribution < -0.4 is 14.2 Å². The van der Waals surface area contributed by atoms with Gasteiger partial charge in [-0.3, -0.25) is 4.79 Å². The number of sulfonamides is 1. The molecule has 0 saturated carbocycles. The first-order valence-electron chi connectivity index (χ1n) is 8.21. The molecule has 2 aromatic rings. The van der Waals surface area contributed by atoms with Crippen LogP contribution in [0.4, 0.5) is 0 Å². The average molecular weight is 393 g/mol. The molecule has 0 saturated heterocycles. The van der Waals surface area contributed by atoms with E-state index in [9.17, 15) is 13.2 Å². The van der Waals surface area contributed by atoms with Crippen LogP contribution in [0.15, 0.2) is 48.5 Å². The summed E-state index contributed by atoms with van der Waals surface area (Å²) >= 11 is 0. The van der Waals surface area contributed by atoms with Crippen LogP contribution in [-0.4, -0.2) is 35.7 Å². The largest absolute Gasteiger partial charge is 0.493 e. The van der Waals surface area contributed by atoms with Gasteiger partial charge in [0.2, 0.25) is 10.0 Å². The fourth-order valence-electron chi connectivity index (χ4n) is 2.60. The molecule has 7 nitrogen and oxygen atoms in total. The van der Waals surface area contributed by atoms with Crippen LogP contribution in [0.3, 0.4) is 0 Å². The summed E-state index contributed by atoms with van der Waals surface area (Å²) in [5.41, 5.74) is 1.21. The molecule has 0 fully saturated rings. The SMILES string of the molecule is COC(=O)CC(NS(=O)(=O)Cc1ccccc1)c1ccc(OC)c(OC)c1. The Morgan fingerprint density at radius 2 is 1.67 bits per heavy atom. The highest BCUT2D eigenvalue weighted by molar-refractivity contribution is 7.88. The number of esters is 1. The molecule has 8 heteroatoms. The van der Waals surface area contributed by atoms with Gasteiger partial charge in [-0.15, -0.1) is 0 Å². The van der Waals surface area contributed by atoms with E-state index in [1.165, 1.54) is 21.3 Å². The number of hydrogen-bond acceptors (Lipinski definition) is 6. The Kier molecular flexibility index (Phi) is 7.20. The van der Waals surface area contributed by atoms with Gasteiger partial charge in [-0.25, -0.2) is 13.1 Å². The van der Waals surface area contributed by atoms with Crippen molar-refractivity contribution >= 4 is 16.0 Å². The third-order valence-electron chi connectivity index (χ3n) is 3.93. The molecule has 0 spiro atoms. The fraction of sp³-hybridized carbons (Fsp3) is 0.316. The van der Waals surface area contributed by atoms with Gasteiger partial charge < -0.3 is 14.2 Å². The van der Waals surface area contributed by atoms with E-state index in [4.69, 9.17) is 14.2 Å². The molecule has 0 aromatic heterocycles. The Morgan fingerprint density at radius 3 is 2.26 bits per heavy atom. The second-order valence-electron chi connectivity index (χ2n) is 5.81. The molecule has 27 heavy (non-hydrogen) atoms. The quantitative estimate of drug-likeness (QED) is 0.658. The number of hydrogen-bond donors (Lipinski definition) is 1. The predicted octanol–water partition coefficient (Wildman–Crippen LogP) is 2.43. The second-order valence-corrected chi connectivity index (χ2v) is 7.56. The number of ether oxygens (including phenoxy) is 3. The van der Waals surface area contributed by atoms with Gasteiger partial charge in [-0.05, 0) is 23.3 Å². The maximum atomic E-state index is 12.6. The van der Waals surface area contributed by atoms with E-state index in [1.807, 2.05) is 6.07 Å². The van der Waals surface area contributed by atoms with Gasteiger partial charge in [0.25, 0.3) is 0 Å². The van der Waals surface area contributed by atoms with Gasteiger partial charge in [0.1, 0.15) is 0 Å². The van der Waals surface area contributed by atoms with Crippen molar-refractivity contribution in [2.45, 2.75) is 18.2 Å². The molecule has 2 rings (SSSR count). The van der Waals surface area contributed by atoms with Crippen molar-refractivity contribution < 1.29 is 27.4 Å². The summed E-state index contributed by atoms with van der Waals surface area (Å²) in [5, 5.41) is 0. The van der Waals surface area contributed by atoms with Crippen molar-refractivity contribution in [3.05, 3.63) is 59.7 Å². The molecule has 146 valence electrons. The number of methoxy groups -OCH3 is 3. The van der Waals surface area contributed by atoms with Crippen LogP contribution in [-0.2, 0) is 25.3 Å². The fourth-order valence-corrected chi connectivity index (χ4v) is 3.97. The summed E-state index contributed by atoms with van der Waals surface area (Å²) in [4.78, 5) is 11.8. The van der Waals surface area contributed by atoms with Crippen LogP contribution in [0.1, 0.15) is 23.6 Å². The van der Waals surface area contributed by atoms with E-state index in [1.54, 1.807) is 42.5 Å². The lowest BCUT2D eigenvalue weighted by Crippen LogP contribution is -2.31. The van der Waals surface area contributed by atoms with Gasteiger partial charge in [0.05, 0.1) is 39.5 Å². The van der Waals surface area contributed by atoms with Crippen LogP contribution in [0.2, 0.25) is 0 Å². The number of carbonyl (C=O) groups is 1. The van der Waals surface area contributed by atoms with Crippen molar-refractivity contribution in [1.29, 1.82) is 0 Å². The molecular formula is C19H23NO6S. The molecule has 0 aliphatic heterocycles. The third kappa shape index (κ3) is 5.97. The summed E-state index contributed by atoms with van der Waals surface area (Å²) in [5.74, 6) is 0.216. The Morgan fingerprint density at radius 1 is 1.00 bits per heavy atom. The Bertz CT molecular complexity index is 867. The lowest BCUT2D eigenvalue weighted by molar-refractivity contribution is -0.141. The molecule has 1 N–H and O–H groups in total. The molecule has 0 aliphatic carbocycles. The zero-order valence-corrected chi connectivity index (χ0v) is 16.3. The van der Waals surface area contributed by atoms with E-state index in [2.05, 4.69) is 4.72 Å². The molecule has 0 amide bonds. The molecule has 0 bridgehead atoms. The van der Waals surface area contributed by atoms with Crippen molar-refractivity contribution in [2.24, 2.45) is 0 Å². The van der Waals surface area contributed by atoms with Crippen LogP contribution in [0.5, 0.6) is 11.5 Å². The van der Waals surface area contributed by atoms with Crippen LogP contribution >= 0.6 is 0 Å². The highest BCUT2D eigenvalue weighted by atomic mass is 32.2. The predicted molar refractivity (Wildman–Crippen MR) is 101 cm³/mol. The molecule has 1 atom stereocenters. The molecule has 0 aliphatic rings. The first-order valence-corrected chi connectivity index (χ1v) is 9.86. The zero-order chi connectivity index (χ0) is 19.9. The lowest BCUT2D eigenvalue weighted by Gasteiger charge is -2.20. The minimum absolute atomic E-state index is 0.153. The Hall–Kier alpha value is -2.58. The van der Waals surface area contributed by atoms with E-state index in [0.29, 0.717) is 22.6 Å². The summed E-state index contributed by atoms with van der Waals surface area (Å²) < 4.78 is 43.0. The van der Waals surface area contributed by atoms with Crippen molar-refractivity contribution in [3.8, 4) is 11.5 Å². The summed E-state index contributed by atoms with van der Waals surface area (Å²) in [6.07, 6.45) is -0.153. The number of benzene rings is 2.